The molecule has 0 N–H and O–H groups in total. The van der Waals surface area contributed by atoms with Crippen LogP contribution in [-0.2, 0) is 4.74 Å². The van der Waals surface area contributed by atoms with E-state index in [9.17, 15) is 10.1 Å². The van der Waals surface area contributed by atoms with Crippen molar-refractivity contribution < 1.29 is 9.53 Å². The van der Waals surface area contributed by atoms with Gasteiger partial charge in [-0.05, 0) is 56.7 Å². The zero-order valence-electron chi connectivity index (χ0n) is 16.6. The van der Waals surface area contributed by atoms with Gasteiger partial charge in [0, 0.05) is 32.2 Å². The average Bonchev–Trinajstić information content (AvgIpc) is 3.19. The van der Waals surface area contributed by atoms with E-state index in [1.807, 2.05) is 23.1 Å². The Balaban J connectivity index is 1.18. The summed E-state index contributed by atoms with van der Waals surface area (Å²) in [5.74, 6) is 0.784. The molecule has 0 unspecified atom stereocenters. The molecule has 2 aliphatic heterocycles. The number of cyclic esters (lactones) is 1. The van der Waals surface area contributed by atoms with Gasteiger partial charge in [-0.3, -0.25) is 4.90 Å². The molecule has 0 radical (unpaired) electrons. The zero-order valence-corrected chi connectivity index (χ0v) is 16.6. The number of carbonyl (C=O) groups excluding carboxylic acids is 1. The van der Waals surface area contributed by atoms with Gasteiger partial charge in [-0.15, -0.1) is 0 Å². The van der Waals surface area contributed by atoms with Gasteiger partial charge in [-0.25, -0.2) is 4.79 Å². The lowest BCUT2D eigenvalue weighted by atomic mass is 9.83. The molecule has 150 valence electrons. The summed E-state index contributed by atoms with van der Waals surface area (Å²) in [6.45, 7) is 6.60. The van der Waals surface area contributed by atoms with Gasteiger partial charge in [-0.2, -0.15) is 5.26 Å². The normalized spacial score (nSPS) is 26.2. The lowest BCUT2D eigenvalue weighted by molar-refractivity contribution is 0.128. The van der Waals surface area contributed by atoms with E-state index < -0.39 is 0 Å². The van der Waals surface area contributed by atoms with Crippen LogP contribution in [0.25, 0.3) is 0 Å². The first kappa shape index (κ1) is 19.1. The summed E-state index contributed by atoms with van der Waals surface area (Å²) in [7, 11) is 0. The lowest BCUT2D eigenvalue weighted by Crippen LogP contribution is -2.47. The highest BCUT2D eigenvalue weighted by Crippen LogP contribution is 2.31. The van der Waals surface area contributed by atoms with E-state index in [0.717, 1.165) is 69.3 Å². The highest BCUT2D eigenvalue weighted by molar-refractivity contribution is 5.69. The number of nitrogens with zero attached hydrogens (tertiary/aromatic N) is 4. The molecule has 4 rings (SSSR count). The Bertz CT molecular complexity index is 715. The van der Waals surface area contributed by atoms with E-state index in [0.29, 0.717) is 12.6 Å². The number of hydrogen-bond donors (Lipinski definition) is 0. The standard InChI is InChI=1S/C22H30N4O2/c23-17-19-3-1-2-4-21(19)25-13-11-24(12-14-25)10-9-18-5-7-20(8-6-18)26-15-16-28-22(26)27/h1-4,18,20H,5-16H2. The Morgan fingerprint density at radius 3 is 2.46 bits per heavy atom. The number of anilines is 1. The van der Waals surface area contributed by atoms with Crippen molar-refractivity contribution in [2.75, 3.05) is 50.8 Å². The molecular weight excluding hydrogens is 352 g/mol. The van der Waals surface area contributed by atoms with Gasteiger partial charge in [-0.1, -0.05) is 12.1 Å². The SMILES string of the molecule is N#Cc1ccccc1N1CCN(CCC2CCC(N3CCOC3=O)CC2)CC1. The van der Waals surface area contributed by atoms with Crippen LogP contribution in [0.5, 0.6) is 0 Å². The molecule has 0 bridgehead atoms. The van der Waals surface area contributed by atoms with Crippen molar-refractivity contribution in [3.05, 3.63) is 29.8 Å². The first-order chi connectivity index (χ1) is 13.7. The summed E-state index contributed by atoms with van der Waals surface area (Å²) in [6.07, 6.45) is 5.84. The highest BCUT2D eigenvalue weighted by atomic mass is 16.6. The molecule has 0 atom stereocenters. The molecule has 2 saturated heterocycles. The number of para-hydroxylation sites is 1. The Morgan fingerprint density at radius 2 is 1.79 bits per heavy atom. The molecule has 1 aliphatic carbocycles. The maximum atomic E-state index is 11.7. The number of piperazine rings is 1. The first-order valence-electron chi connectivity index (χ1n) is 10.6. The summed E-state index contributed by atoms with van der Waals surface area (Å²) in [6, 6.07) is 10.6. The Kier molecular flexibility index (Phi) is 6.01. The predicted molar refractivity (Wildman–Crippen MR) is 108 cm³/mol. The molecule has 1 aromatic rings. The minimum Gasteiger partial charge on any atom is -0.448 e. The van der Waals surface area contributed by atoms with E-state index in [-0.39, 0.29) is 6.09 Å². The molecule has 1 aromatic carbocycles. The molecule has 6 nitrogen and oxygen atoms in total. The fraction of sp³-hybridized carbons (Fsp3) is 0.636. The van der Waals surface area contributed by atoms with E-state index >= 15 is 0 Å². The van der Waals surface area contributed by atoms with Crippen molar-refractivity contribution in [2.24, 2.45) is 5.92 Å². The number of amides is 1. The maximum absolute atomic E-state index is 11.7. The molecule has 2 heterocycles. The second-order valence-electron chi connectivity index (χ2n) is 8.23. The fourth-order valence-corrected chi connectivity index (χ4v) is 4.90. The monoisotopic (exact) mass is 382 g/mol. The van der Waals surface area contributed by atoms with E-state index in [1.54, 1.807) is 0 Å². The van der Waals surface area contributed by atoms with Crippen LogP contribution < -0.4 is 4.90 Å². The minimum absolute atomic E-state index is 0.112. The second kappa shape index (κ2) is 8.83. The number of nitriles is 1. The van der Waals surface area contributed by atoms with Gasteiger partial charge < -0.3 is 14.5 Å². The topological polar surface area (TPSA) is 59.8 Å². The maximum Gasteiger partial charge on any atom is 0.410 e. The molecule has 0 spiro atoms. The van der Waals surface area contributed by atoms with E-state index in [4.69, 9.17) is 4.74 Å². The molecule has 1 amide bonds. The quantitative estimate of drug-likeness (QED) is 0.783. The summed E-state index contributed by atoms with van der Waals surface area (Å²) in [5.41, 5.74) is 1.85. The molecule has 0 aromatic heterocycles. The van der Waals surface area contributed by atoms with Gasteiger partial charge in [0.15, 0.2) is 0 Å². The smallest absolute Gasteiger partial charge is 0.410 e. The van der Waals surface area contributed by atoms with Crippen LogP contribution in [0.1, 0.15) is 37.7 Å². The minimum atomic E-state index is -0.112. The van der Waals surface area contributed by atoms with Gasteiger partial charge in [0.1, 0.15) is 12.7 Å². The van der Waals surface area contributed by atoms with Crippen LogP contribution in [0.4, 0.5) is 10.5 Å². The number of rotatable bonds is 5. The molecule has 3 aliphatic rings. The number of benzene rings is 1. The summed E-state index contributed by atoms with van der Waals surface area (Å²) in [4.78, 5) is 18.6. The highest BCUT2D eigenvalue weighted by Gasteiger charge is 2.32. The summed E-state index contributed by atoms with van der Waals surface area (Å²) < 4.78 is 5.09. The van der Waals surface area contributed by atoms with Crippen molar-refractivity contribution >= 4 is 11.8 Å². The van der Waals surface area contributed by atoms with Gasteiger partial charge in [0.05, 0.1) is 17.8 Å². The largest absolute Gasteiger partial charge is 0.448 e. The van der Waals surface area contributed by atoms with Crippen LogP contribution in [0.15, 0.2) is 24.3 Å². The number of carbonyl (C=O) groups is 1. The Hall–Kier alpha value is -2.26. The molecule has 1 saturated carbocycles. The molecule has 3 fully saturated rings. The third-order valence-corrected chi connectivity index (χ3v) is 6.64. The predicted octanol–water partition coefficient (Wildman–Crippen LogP) is 3.08. The van der Waals surface area contributed by atoms with Crippen LogP contribution in [0.3, 0.4) is 0 Å². The number of hydrogen-bond acceptors (Lipinski definition) is 5. The Labute approximate surface area is 167 Å². The third kappa shape index (κ3) is 4.25. The summed E-state index contributed by atoms with van der Waals surface area (Å²) >= 11 is 0. The number of ether oxygens (including phenoxy) is 1. The molecular formula is C22H30N4O2. The third-order valence-electron chi connectivity index (χ3n) is 6.64. The van der Waals surface area contributed by atoms with Crippen LogP contribution in [0, 0.1) is 17.2 Å². The van der Waals surface area contributed by atoms with Crippen LogP contribution in [-0.4, -0.2) is 67.8 Å². The first-order valence-corrected chi connectivity index (χ1v) is 10.6. The van der Waals surface area contributed by atoms with Crippen molar-refractivity contribution in [3.63, 3.8) is 0 Å². The van der Waals surface area contributed by atoms with Crippen molar-refractivity contribution in [1.29, 1.82) is 5.26 Å². The van der Waals surface area contributed by atoms with Gasteiger partial charge in [0.2, 0.25) is 0 Å². The van der Waals surface area contributed by atoms with Gasteiger partial charge in [0.25, 0.3) is 0 Å². The van der Waals surface area contributed by atoms with E-state index in [1.165, 1.54) is 19.3 Å². The van der Waals surface area contributed by atoms with Crippen molar-refractivity contribution in [2.45, 2.75) is 38.1 Å². The van der Waals surface area contributed by atoms with Crippen LogP contribution >= 0.6 is 0 Å². The van der Waals surface area contributed by atoms with Crippen molar-refractivity contribution in [1.82, 2.24) is 9.80 Å². The Morgan fingerprint density at radius 1 is 1.04 bits per heavy atom. The van der Waals surface area contributed by atoms with Crippen molar-refractivity contribution in [3.8, 4) is 6.07 Å². The van der Waals surface area contributed by atoms with Gasteiger partial charge >= 0.3 is 6.09 Å². The van der Waals surface area contributed by atoms with Crippen LogP contribution in [0.2, 0.25) is 0 Å². The second-order valence-corrected chi connectivity index (χ2v) is 8.23. The zero-order chi connectivity index (χ0) is 19.3. The molecule has 28 heavy (non-hydrogen) atoms. The molecule has 6 heteroatoms. The summed E-state index contributed by atoms with van der Waals surface area (Å²) in [5, 5.41) is 9.32. The lowest BCUT2D eigenvalue weighted by Gasteiger charge is -2.38. The fourth-order valence-electron chi connectivity index (χ4n) is 4.90. The average molecular weight is 383 g/mol. The van der Waals surface area contributed by atoms with E-state index in [2.05, 4.69) is 21.9 Å².